The van der Waals surface area contributed by atoms with Crippen LogP contribution < -0.4 is 14.1 Å². The van der Waals surface area contributed by atoms with Crippen LogP contribution in [0.4, 0.5) is 0 Å². The van der Waals surface area contributed by atoms with Gasteiger partial charge in [0.05, 0.1) is 5.56 Å². The van der Waals surface area contributed by atoms with E-state index in [1.807, 2.05) is 36.4 Å². The Bertz CT molecular complexity index is 1100. The molecule has 0 fully saturated rings. The van der Waals surface area contributed by atoms with Crippen LogP contribution in [0.3, 0.4) is 0 Å². The van der Waals surface area contributed by atoms with Crippen molar-refractivity contribution in [1.29, 1.82) is 5.26 Å². The van der Waals surface area contributed by atoms with Crippen LogP contribution in [0.1, 0.15) is 18.1 Å². The van der Waals surface area contributed by atoms with Crippen molar-refractivity contribution in [3.05, 3.63) is 96.1 Å². The molecular formula is C23H21N2O5P. The zero-order valence-corrected chi connectivity index (χ0v) is 17.7. The van der Waals surface area contributed by atoms with Crippen LogP contribution in [-0.4, -0.2) is 12.0 Å². The second kappa shape index (κ2) is 10.4. The fourth-order valence-corrected chi connectivity index (χ4v) is 4.14. The maximum atomic E-state index is 13.5. The van der Waals surface area contributed by atoms with Crippen molar-refractivity contribution in [2.75, 3.05) is 0 Å². The molecule has 158 valence electrons. The highest BCUT2D eigenvalue weighted by Crippen LogP contribution is 2.46. The number of nitriles is 1. The Kier molecular flexibility index (Phi) is 7.45. The SMILES string of the molecule is C[C@H](NP(=O)(Oc1ccccc1)Oc1ccccc1C#N)C(=O)OCc1ccccc1. The van der Waals surface area contributed by atoms with Crippen molar-refractivity contribution < 1.29 is 23.1 Å². The van der Waals surface area contributed by atoms with E-state index in [9.17, 15) is 14.6 Å². The van der Waals surface area contributed by atoms with Gasteiger partial charge in [-0.2, -0.15) is 10.3 Å². The first-order valence-electron chi connectivity index (χ1n) is 9.51. The molecule has 0 aromatic heterocycles. The Labute approximate surface area is 180 Å². The van der Waals surface area contributed by atoms with E-state index < -0.39 is 19.8 Å². The van der Waals surface area contributed by atoms with Crippen molar-refractivity contribution in [2.45, 2.75) is 19.6 Å². The Hall–Kier alpha value is -3.59. The van der Waals surface area contributed by atoms with Crippen molar-refractivity contribution in [1.82, 2.24) is 5.09 Å². The van der Waals surface area contributed by atoms with Crippen molar-refractivity contribution in [2.24, 2.45) is 0 Å². The number of rotatable bonds is 9. The Morgan fingerprint density at radius 2 is 1.58 bits per heavy atom. The lowest BCUT2D eigenvalue weighted by molar-refractivity contribution is -0.146. The standard InChI is InChI=1S/C23H21N2O5P/c1-18(23(26)28-17-19-10-4-2-5-11-19)25-31(27,29-21-13-6-3-7-14-21)30-22-15-9-8-12-20(22)16-24/h2-15,18H,17H2,1H3,(H,25,27)/t18-,31?/m0/s1. The van der Waals surface area contributed by atoms with Gasteiger partial charge in [0.1, 0.15) is 30.2 Å². The van der Waals surface area contributed by atoms with Gasteiger partial charge in [0, 0.05) is 0 Å². The van der Waals surface area contributed by atoms with Crippen LogP contribution in [-0.2, 0) is 20.7 Å². The lowest BCUT2D eigenvalue weighted by atomic mass is 10.2. The summed E-state index contributed by atoms with van der Waals surface area (Å²) in [6, 6.07) is 24.9. The Balaban J connectivity index is 1.76. The fraction of sp³-hybridized carbons (Fsp3) is 0.130. The number of carbonyl (C=O) groups excluding carboxylic acids is 1. The van der Waals surface area contributed by atoms with Crippen molar-refractivity contribution in [3.63, 3.8) is 0 Å². The molecule has 3 aromatic rings. The maximum Gasteiger partial charge on any atom is 0.513 e. The summed E-state index contributed by atoms with van der Waals surface area (Å²) in [6.07, 6.45) is 0. The number of ether oxygens (including phenoxy) is 1. The minimum absolute atomic E-state index is 0.0709. The fourth-order valence-electron chi connectivity index (χ4n) is 2.60. The molecule has 1 N–H and O–H groups in total. The molecular weight excluding hydrogens is 415 g/mol. The quantitative estimate of drug-likeness (QED) is 0.378. The van der Waals surface area contributed by atoms with E-state index in [0.29, 0.717) is 0 Å². The number of hydrogen-bond donors (Lipinski definition) is 1. The van der Waals surface area contributed by atoms with Crippen LogP contribution in [0.2, 0.25) is 0 Å². The molecule has 0 radical (unpaired) electrons. The molecule has 0 saturated carbocycles. The van der Waals surface area contributed by atoms with Crippen LogP contribution >= 0.6 is 7.75 Å². The molecule has 7 nitrogen and oxygen atoms in total. The lowest BCUT2D eigenvalue weighted by Crippen LogP contribution is -2.35. The molecule has 8 heteroatoms. The number of hydrogen-bond acceptors (Lipinski definition) is 6. The number of nitrogens with zero attached hydrogens (tertiary/aromatic N) is 1. The summed E-state index contributed by atoms with van der Waals surface area (Å²) in [5.41, 5.74) is 1.01. The lowest BCUT2D eigenvalue weighted by Gasteiger charge is -2.23. The predicted molar refractivity (Wildman–Crippen MR) is 115 cm³/mol. The molecule has 0 bridgehead atoms. The highest BCUT2D eigenvalue weighted by atomic mass is 31.2. The Morgan fingerprint density at radius 1 is 0.968 bits per heavy atom. The van der Waals surface area contributed by atoms with Gasteiger partial charge in [-0.3, -0.25) is 4.79 Å². The summed E-state index contributed by atoms with van der Waals surface area (Å²) in [5, 5.41) is 11.9. The summed E-state index contributed by atoms with van der Waals surface area (Å²) >= 11 is 0. The second-order valence-electron chi connectivity index (χ2n) is 6.55. The zero-order chi connectivity index (χ0) is 22.1. The maximum absolute atomic E-state index is 13.5. The van der Waals surface area contributed by atoms with Crippen LogP contribution in [0.25, 0.3) is 0 Å². The average Bonchev–Trinajstić information content (AvgIpc) is 2.79. The van der Waals surface area contributed by atoms with Crippen LogP contribution in [0.15, 0.2) is 84.9 Å². The molecule has 3 rings (SSSR count). The van der Waals surface area contributed by atoms with E-state index >= 15 is 0 Å². The third-order valence-electron chi connectivity index (χ3n) is 4.12. The van der Waals surface area contributed by atoms with Gasteiger partial charge >= 0.3 is 13.7 Å². The molecule has 2 atom stereocenters. The number of esters is 1. The van der Waals surface area contributed by atoms with Gasteiger partial charge in [0.2, 0.25) is 0 Å². The third kappa shape index (κ3) is 6.45. The largest absolute Gasteiger partial charge is 0.513 e. The van der Waals surface area contributed by atoms with Gasteiger partial charge in [0.25, 0.3) is 0 Å². The number of carbonyl (C=O) groups is 1. The topological polar surface area (TPSA) is 97.6 Å². The van der Waals surface area contributed by atoms with Crippen molar-refractivity contribution in [3.8, 4) is 17.6 Å². The van der Waals surface area contributed by atoms with E-state index in [2.05, 4.69) is 5.09 Å². The zero-order valence-electron chi connectivity index (χ0n) is 16.8. The highest BCUT2D eigenvalue weighted by molar-refractivity contribution is 7.52. The molecule has 0 aliphatic rings. The van der Waals surface area contributed by atoms with Gasteiger partial charge < -0.3 is 13.8 Å². The third-order valence-corrected chi connectivity index (χ3v) is 5.72. The molecule has 0 aliphatic heterocycles. The van der Waals surface area contributed by atoms with Crippen LogP contribution in [0.5, 0.6) is 11.5 Å². The normalized spacial score (nSPS) is 13.3. The first-order chi connectivity index (χ1) is 15.0. The van der Waals surface area contributed by atoms with E-state index in [-0.39, 0.29) is 23.7 Å². The van der Waals surface area contributed by atoms with E-state index in [1.165, 1.54) is 19.1 Å². The summed E-state index contributed by atoms with van der Waals surface area (Å²) in [5.74, 6) is -0.280. The van der Waals surface area contributed by atoms with Gasteiger partial charge in [-0.15, -0.1) is 0 Å². The van der Waals surface area contributed by atoms with Crippen molar-refractivity contribution >= 4 is 13.7 Å². The van der Waals surface area contributed by atoms with Gasteiger partial charge in [-0.05, 0) is 36.8 Å². The monoisotopic (exact) mass is 436 g/mol. The second-order valence-corrected chi connectivity index (χ2v) is 8.16. The first kappa shape index (κ1) is 22.1. The van der Waals surface area contributed by atoms with E-state index in [1.54, 1.807) is 42.5 Å². The minimum Gasteiger partial charge on any atom is -0.460 e. The summed E-state index contributed by atoms with van der Waals surface area (Å²) in [6.45, 7) is 1.57. The van der Waals surface area contributed by atoms with Gasteiger partial charge in [-0.25, -0.2) is 4.57 Å². The molecule has 31 heavy (non-hydrogen) atoms. The molecule has 0 saturated heterocycles. The Morgan fingerprint density at radius 3 is 2.26 bits per heavy atom. The molecule has 0 spiro atoms. The average molecular weight is 436 g/mol. The van der Waals surface area contributed by atoms with Crippen LogP contribution in [0, 0.1) is 11.3 Å². The number of benzene rings is 3. The summed E-state index contributed by atoms with van der Waals surface area (Å²) < 4.78 is 30.0. The number of nitrogens with one attached hydrogen (secondary N) is 1. The van der Waals surface area contributed by atoms with E-state index in [4.69, 9.17) is 13.8 Å². The highest BCUT2D eigenvalue weighted by Gasteiger charge is 2.34. The minimum atomic E-state index is -4.11. The molecule has 1 unspecified atom stereocenters. The van der Waals surface area contributed by atoms with Gasteiger partial charge in [0.15, 0.2) is 0 Å². The van der Waals surface area contributed by atoms with E-state index in [0.717, 1.165) is 5.56 Å². The smallest absolute Gasteiger partial charge is 0.460 e. The first-order valence-corrected chi connectivity index (χ1v) is 11.0. The molecule has 3 aromatic carbocycles. The molecule has 0 heterocycles. The summed E-state index contributed by atoms with van der Waals surface area (Å²) in [7, 11) is -4.11. The van der Waals surface area contributed by atoms with Gasteiger partial charge in [-0.1, -0.05) is 60.7 Å². The molecule has 0 amide bonds. The number of para-hydroxylation sites is 2. The molecule has 0 aliphatic carbocycles. The summed E-state index contributed by atoms with van der Waals surface area (Å²) in [4.78, 5) is 12.5. The predicted octanol–water partition coefficient (Wildman–Crippen LogP) is 4.85.